The molecule has 1 atom stereocenters. The van der Waals surface area contributed by atoms with Gasteiger partial charge in [0.2, 0.25) is 28.6 Å². The molecule has 0 fully saturated rings. The zero-order valence-electron chi connectivity index (χ0n) is 23.8. The summed E-state index contributed by atoms with van der Waals surface area (Å²) in [4.78, 5) is 29.5. The summed E-state index contributed by atoms with van der Waals surface area (Å²) in [5.41, 5.74) is 2.95. The van der Waals surface area contributed by atoms with Gasteiger partial charge >= 0.3 is 0 Å². The van der Waals surface area contributed by atoms with Gasteiger partial charge in [-0.15, -0.1) is 0 Å². The normalized spacial score (nSPS) is 13.0. The average Bonchev–Trinajstić information content (AvgIpc) is 3.48. The first-order chi connectivity index (χ1) is 20.8. The lowest BCUT2D eigenvalue weighted by atomic mass is 10.0. The molecular formula is C33H33N3O6S. The van der Waals surface area contributed by atoms with Crippen LogP contribution in [-0.4, -0.2) is 49.0 Å². The second-order valence-electron chi connectivity index (χ2n) is 10.2. The van der Waals surface area contributed by atoms with Crippen molar-refractivity contribution in [2.45, 2.75) is 25.7 Å². The zero-order chi connectivity index (χ0) is 30.2. The number of rotatable bonds is 12. The van der Waals surface area contributed by atoms with Crippen LogP contribution in [0.15, 0.2) is 109 Å². The highest BCUT2D eigenvalue weighted by molar-refractivity contribution is 7.88. The molecule has 1 N–H and O–H groups in total. The number of fused-ring (bicyclic) bond motifs is 1. The summed E-state index contributed by atoms with van der Waals surface area (Å²) in [6, 6.07) is 31.8. The fourth-order valence-electron chi connectivity index (χ4n) is 4.87. The monoisotopic (exact) mass is 599 g/mol. The molecule has 9 nitrogen and oxygen atoms in total. The van der Waals surface area contributed by atoms with Crippen molar-refractivity contribution in [2.24, 2.45) is 0 Å². The van der Waals surface area contributed by atoms with Crippen molar-refractivity contribution < 1.29 is 27.5 Å². The third-order valence-corrected chi connectivity index (χ3v) is 8.27. The molecule has 0 radical (unpaired) electrons. The minimum atomic E-state index is -3.76. The number of nitrogens with one attached hydrogen (secondary N) is 1. The van der Waals surface area contributed by atoms with E-state index in [0.717, 1.165) is 27.3 Å². The minimum Gasteiger partial charge on any atom is -0.454 e. The van der Waals surface area contributed by atoms with Crippen molar-refractivity contribution in [1.82, 2.24) is 14.5 Å². The molecule has 1 heterocycles. The van der Waals surface area contributed by atoms with Crippen LogP contribution in [-0.2, 0) is 39.2 Å². The van der Waals surface area contributed by atoms with Gasteiger partial charge in [0.1, 0.15) is 6.04 Å². The number of amides is 2. The molecule has 0 saturated heterocycles. The molecule has 0 spiro atoms. The Morgan fingerprint density at radius 1 is 0.767 bits per heavy atom. The van der Waals surface area contributed by atoms with Gasteiger partial charge < -0.3 is 19.7 Å². The van der Waals surface area contributed by atoms with E-state index in [1.54, 1.807) is 48.5 Å². The van der Waals surface area contributed by atoms with E-state index in [0.29, 0.717) is 17.1 Å². The maximum atomic E-state index is 14.1. The lowest BCUT2D eigenvalue weighted by Crippen LogP contribution is -2.47. The first-order valence-electron chi connectivity index (χ1n) is 13.8. The maximum Gasteiger partial charge on any atom is 0.247 e. The number of hydrogen-bond donors (Lipinski definition) is 1. The predicted octanol–water partition coefficient (Wildman–Crippen LogP) is 4.26. The lowest BCUT2D eigenvalue weighted by Gasteiger charge is -2.33. The third-order valence-electron chi connectivity index (χ3n) is 7.08. The van der Waals surface area contributed by atoms with Gasteiger partial charge in [-0.2, -0.15) is 4.31 Å². The first-order valence-corrected chi connectivity index (χ1v) is 15.7. The molecule has 0 unspecified atom stereocenters. The first kappa shape index (κ1) is 29.8. The number of sulfonamides is 1. The van der Waals surface area contributed by atoms with E-state index in [9.17, 15) is 18.0 Å². The largest absolute Gasteiger partial charge is 0.454 e. The van der Waals surface area contributed by atoms with E-state index in [1.807, 2.05) is 60.7 Å². The molecule has 5 rings (SSSR count). The maximum absolute atomic E-state index is 14.1. The van der Waals surface area contributed by atoms with Crippen molar-refractivity contribution in [2.75, 3.05) is 19.6 Å². The predicted molar refractivity (Wildman–Crippen MR) is 162 cm³/mol. The molecule has 4 aromatic rings. The summed E-state index contributed by atoms with van der Waals surface area (Å²) in [5.74, 6) is 0.341. The van der Waals surface area contributed by atoms with Crippen LogP contribution in [0.25, 0.3) is 0 Å². The van der Waals surface area contributed by atoms with Gasteiger partial charge in [0.05, 0.1) is 12.8 Å². The topological polar surface area (TPSA) is 105 Å². The Hall–Kier alpha value is -4.67. The van der Waals surface area contributed by atoms with Crippen LogP contribution in [0.3, 0.4) is 0 Å². The van der Waals surface area contributed by atoms with Crippen molar-refractivity contribution in [3.63, 3.8) is 0 Å². The number of benzene rings is 4. The SMILES string of the molecule is CS(=O)(=O)N(CC(=O)N(Cc1ccccc1)[C@H](C(=O)NCc1ccc2c(c1)OCO2)c1ccccc1)Cc1ccccc1. The van der Waals surface area contributed by atoms with Gasteiger partial charge in [0.15, 0.2) is 11.5 Å². The van der Waals surface area contributed by atoms with E-state index in [4.69, 9.17) is 9.47 Å². The fourth-order valence-corrected chi connectivity index (χ4v) is 5.60. The smallest absolute Gasteiger partial charge is 0.247 e. The minimum absolute atomic E-state index is 0.0247. The van der Waals surface area contributed by atoms with Gasteiger partial charge in [0, 0.05) is 19.6 Å². The van der Waals surface area contributed by atoms with Crippen LogP contribution in [0, 0.1) is 0 Å². The van der Waals surface area contributed by atoms with Crippen LogP contribution < -0.4 is 14.8 Å². The van der Waals surface area contributed by atoms with Gasteiger partial charge in [0.25, 0.3) is 0 Å². The van der Waals surface area contributed by atoms with Crippen LogP contribution in [0.4, 0.5) is 0 Å². The second-order valence-corrected chi connectivity index (χ2v) is 12.2. The molecule has 0 aliphatic carbocycles. The summed E-state index contributed by atoms with van der Waals surface area (Å²) < 4.78 is 37.6. The molecule has 0 saturated carbocycles. The van der Waals surface area contributed by atoms with Gasteiger partial charge in [-0.3, -0.25) is 9.59 Å². The Bertz CT molecular complexity index is 1650. The Morgan fingerprint density at radius 3 is 1.98 bits per heavy atom. The van der Waals surface area contributed by atoms with E-state index in [-0.39, 0.29) is 26.4 Å². The van der Waals surface area contributed by atoms with E-state index in [1.165, 1.54) is 4.90 Å². The molecule has 4 aromatic carbocycles. The molecule has 2 amide bonds. The number of ether oxygens (including phenoxy) is 2. The molecule has 1 aliphatic heterocycles. The highest BCUT2D eigenvalue weighted by Gasteiger charge is 2.33. The van der Waals surface area contributed by atoms with Crippen LogP contribution >= 0.6 is 0 Å². The Kier molecular flexibility index (Phi) is 9.38. The van der Waals surface area contributed by atoms with Crippen molar-refractivity contribution in [1.29, 1.82) is 0 Å². The molecule has 1 aliphatic rings. The van der Waals surface area contributed by atoms with Crippen molar-refractivity contribution in [3.05, 3.63) is 131 Å². The highest BCUT2D eigenvalue weighted by Crippen LogP contribution is 2.32. The van der Waals surface area contributed by atoms with Gasteiger partial charge in [-0.1, -0.05) is 97.1 Å². The van der Waals surface area contributed by atoms with Crippen molar-refractivity contribution >= 4 is 21.8 Å². The summed E-state index contributed by atoms with van der Waals surface area (Å²) in [6.45, 7) is 0.0259. The third kappa shape index (κ3) is 7.79. The zero-order valence-corrected chi connectivity index (χ0v) is 24.6. The molecular weight excluding hydrogens is 566 g/mol. The second kappa shape index (κ2) is 13.5. The highest BCUT2D eigenvalue weighted by atomic mass is 32.2. The average molecular weight is 600 g/mol. The Morgan fingerprint density at radius 2 is 1.35 bits per heavy atom. The molecule has 222 valence electrons. The standard InChI is InChI=1S/C33H33N3O6S/c1-43(39,40)35(21-25-11-5-2-6-12-25)23-31(37)36(22-26-13-7-3-8-14-26)32(28-15-9-4-10-16-28)33(38)34-20-27-17-18-29-30(19-27)42-24-41-29/h2-19,32H,20-24H2,1H3,(H,34,38)/t32-/m0/s1. The Balaban J connectivity index is 1.45. The quantitative estimate of drug-likeness (QED) is 0.261. The number of hydrogen-bond acceptors (Lipinski definition) is 6. The number of nitrogens with zero attached hydrogens (tertiary/aromatic N) is 2. The van der Waals surface area contributed by atoms with Crippen LogP contribution in [0.2, 0.25) is 0 Å². The summed E-state index contributed by atoms with van der Waals surface area (Å²) in [5, 5.41) is 2.97. The van der Waals surface area contributed by atoms with Gasteiger partial charge in [-0.25, -0.2) is 8.42 Å². The van der Waals surface area contributed by atoms with E-state index < -0.39 is 34.4 Å². The summed E-state index contributed by atoms with van der Waals surface area (Å²) in [6.07, 6.45) is 1.08. The van der Waals surface area contributed by atoms with Crippen LogP contribution in [0.1, 0.15) is 28.3 Å². The summed E-state index contributed by atoms with van der Waals surface area (Å²) >= 11 is 0. The fraction of sp³-hybridized carbons (Fsp3) is 0.212. The summed E-state index contributed by atoms with van der Waals surface area (Å²) in [7, 11) is -3.76. The lowest BCUT2D eigenvalue weighted by molar-refractivity contribution is -0.141. The number of carbonyl (C=O) groups is 2. The molecule has 43 heavy (non-hydrogen) atoms. The Labute approximate surface area is 251 Å². The van der Waals surface area contributed by atoms with Crippen LogP contribution in [0.5, 0.6) is 11.5 Å². The van der Waals surface area contributed by atoms with Crippen molar-refractivity contribution in [3.8, 4) is 11.5 Å². The van der Waals surface area contributed by atoms with Gasteiger partial charge in [-0.05, 0) is 34.4 Å². The molecule has 10 heteroatoms. The number of carbonyl (C=O) groups excluding carboxylic acids is 2. The van der Waals surface area contributed by atoms with E-state index >= 15 is 0 Å². The van der Waals surface area contributed by atoms with E-state index in [2.05, 4.69) is 5.32 Å². The molecule has 0 bridgehead atoms. The molecule has 0 aromatic heterocycles.